The van der Waals surface area contributed by atoms with E-state index in [2.05, 4.69) is 15.4 Å². The number of sulfonamides is 1. The van der Waals surface area contributed by atoms with E-state index in [-0.39, 0.29) is 24.9 Å². The van der Waals surface area contributed by atoms with E-state index in [4.69, 9.17) is 0 Å². The summed E-state index contributed by atoms with van der Waals surface area (Å²) in [6, 6.07) is 10.1. The summed E-state index contributed by atoms with van der Waals surface area (Å²) in [5.41, 5.74) is -0.402. The molecule has 0 atom stereocenters. The van der Waals surface area contributed by atoms with Crippen LogP contribution in [-0.2, 0) is 21.0 Å². The number of benzene rings is 2. The summed E-state index contributed by atoms with van der Waals surface area (Å²) in [6.07, 6.45) is -0.984. The van der Waals surface area contributed by atoms with E-state index in [0.717, 1.165) is 37.8 Å². The van der Waals surface area contributed by atoms with Crippen molar-refractivity contribution in [3.8, 4) is 0 Å². The highest BCUT2D eigenvalue weighted by atomic mass is 32.2. The molecule has 11 heteroatoms. The van der Waals surface area contributed by atoms with Gasteiger partial charge in [0.2, 0.25) is 15.9 Å². The van der Waals surface area contributed by atoms with Crippen molar-refractivity contribution in [2.45, 2.75) is 36.8 Å². The van der Waals surface area contributed by atoms with Gasteiger partial charge in [0.25, 0.3) is 5.91 Å². The van der Waals surface area contributed by atoms with Crippen LogP contribution < -0.4 is 15.4 Å². The first-order valence-corrected chi connectivity index (χ1v) is 11.9. The third kappa shape index (κ3) is 6.55. The highest BCUT2D eigenvalue weighted by Gasteiger charge is 2.36. The molecule has 1 aliphatic carbocycles. The summed E-state index contributed by atoms with van der Waals surface area (Å²) >= 11 is 0. The first-order chi connectivity index (χ1) is 15.6. The van der Waals surface area contributed by atoms with Crippen molar-refractivity contribution in [3.05, 3.63) is 59.7 Å². The Kier molecular flexibility index (Phi) is 7.75. The lowest BCUT2D eigenvalue weighted by Crippen LogP contribution is -2.35. The van der Waals surface area contributed by atoms with Gasteiger partial charge in [-0.2, -0.15) is 13.2 Å². The second-order valence-corrected chi connectivity index (χ2v) is 9.43. The molecule has 0 radical (unpaired) electrons. The second-order valence-electron chi connectivity index (χ2n) is 7.70. The molecule has 0 unspecified atom stereocenters. The van der Waals surface area contributed by atoms with E-state index in [0.29, 0.717) is 17.3 Å². The van der Waals surface area contributed by atoms with Crippen LogP contribution in [0.15, 0.2) is 53.4 Å². The van der Waals surface area contributed by atoms with Crippen LogP contribution in [0.1, 0.15) is 41.6 Å². The maximum atomic E-state index is 13.1. The van der Waals surface area contributed by atoms with Gasteiger partial charge >= 0.3 is 6.18 Å². The van der Waals surface area contributed by atoms with Crippen molar-refractivity contribution in [2.24, 2.45) is 5.92 Å². The molecule has 0 spiro atoms. The molecule has 0 bridgehead atoms. The lowest BCUT2D eigenvalue weighted by molar-refractivity contribution is -0.139. The van der Waals surface area contributed by atoms with Crippen molar-refractivity contribution >= 4 is 27.5 Å². The smallest absolute Gasteiger partial charge is 0.351 e. The average molecular weight is 484 g/mol. The normalized spacial score (nSPS) is 14.8. The van der Waals surface area contributed by atoms with E-state index < -0.39 is 32.6 Å². The fraction of sp³-hybridized carbons (Fsp3) is 0.364. The zero-order valence-corrected chi connectivity index (χ0v) is 18.4. The highest BCUT2D eigenvalue weighted by molar-refractivity contribution is 7.89. The molecular weight excluding hydrogens is 459 g/mol. The number of nitrogens with one attached hydrogen (secondary N) is 3. The lowest BCUT2D eigenvalue weighted by atomic mass is 10.1. The Balaban J connectivity index is 1.50. The summed E-state index contributed by atoms with van der Waals surface area (Å²) in [6.45, 7) is -0.428. The molecule has 2 amide bonds. The van der Waals surface area contributed by atoms with Crippen LogP contribution >= 0.6 is 0 Å². The molecule has 1 saturated carbocycles. The number of anilines is 1. The molecule has 0 saturated heterocycles. The van der Waals surface area contributed by atoms with Gasteiger partial charge in [0, 0.05) is 30.3 Å². The fourth-order valence-corrected chi connectivity index (χ4v) is 4.87. The van der Waals surface area contributed by atoms with Crippen LogP contribution in [0.2, 0.25) is 0 Å². The van der Waals surface area contributed by atoms with E-state index in [1.807, 2.05) is 0 Å². The minimum atomic E-state index is -4.82. The summed E-state index contributed by atoms with van der Waals surface area (Å²) in [4.78, 5) is 23.5. The highest BCUT2D eigenvalue weighted by Crippen LogP contribution is 2.33. The molecule has 2 aromatic rings. The van der Waals surface area contributed by atoms with Gasteiger partial charge in [-0.3, -0.25) is 9.59 Å². The van der Waals surface area contributed by atoms with Crippen LogP contribution in [-0.4, -0.2) is 33.3 Å². The molecule has 0 aromatic heterocycles. The first kappa shape index (κ1) is 24.7. The summed E-state index contributed by atoms with van der Waals surface area (Å²) < 4.78 is 65.8. The molecule has 3 rings (SSSR count). The molecular formula is C22H24F3N3O4S. The van der Waals surface area contributed by atoms with Gasteiger partial charge in [-0.15, -0.1) is 0 Å². The third-order valence-electron chi connectivity index (χ3n) is 5.33. The van der Waals surface area contributed by atoms with Crippen LogP contribution in [0.4, 0.5) is 18.9 Å². The van der Waals surface area contributed by atoms with Gasteiger partial charge in [0.15, 0.2) is 0 Å². The number of carbonyl (C=O) groups is 2. The Morgan fingerprint density at radius 3 is 2.21 bits per heavy atom. The number of carbonyl (C=O) groups excluding carboxylic acids is 2. The summed E-state index contributed by atoms with van der Waals surface area (Å²) in [7, 11) is -4.42. The minimum absolute atomic E-state index is 0.0138. The van der Waals surface area contributed by atoms with Crippen molar-refractivity contribution in [1.82, 2.24) is 10.0 Å². The molecule has 2 aromatic carbocycles. The van der Waals surface area contributed by atoms with Gasteiger partial charge in [0.1, 0.15) is 0 Å². The SMILES string of the molecule is O=C(NCCNS(=O)(=O)c1ccccc1C(F)(F)F)c1ccc(NC(=O)C2CCCC2)cc1. The maximum absolute atomic E-state index is 13.1. The van der Waals surface area contributed by atoms with Crippen LogP contribution in [0.5, 0.6) is 0 Å². The predicted molar refractivity (Wildman–Crippen MR) is 116 cm³/mol. The largest absolute Gasteiger partial charge is 0.417 e. The van der Waals surface area contributed by atoms with Gasteiger partial charge in [0.05, 0.1) is 10.5 Å². The Labute approximate surface area is 189 Å². The van der Waals surface area contributed by atoms with Crippen molar-refractivity contribution in [2.75, 3.05) is 18.4 Å². The molecule has 3 N–H and O–H groups in total. The molecule has 0 aliphatic heterocycles. The summed E-state index contributed by atoms with van der Waals surface area (Å²) in [5.74, 6) is -0.512. The zero-order valence-electron chi connectivity index (χ0n) is 17.6. The van der Waals surface area contributed by atoms with Crippen molar-refractivity contribution in [1.29, 1.82) is 0 Å². The van der Waals surface area contributed by atoms with Crippen molar-refractivity contribution < 1.29 is 31.2 Å². The van der Waals surface area contributed by atoms with Gasteiger partial charge in [-0.05, 0) is 49.2 Å². The van der Waals surface area contributed by atoms with Crippen molar-refractivity contribution in [3.63, 3.8) is 0 Å². The van der Waals surface area contributed by atoms with Crippen LogP contribution in [0.25, 0.3) is 0 Å². The molecule has 0 heterocycles. The quantitative estimate of drug-likeness (QED) is 0.500. The number of alkyl halides is 3. The van der Waals surface area contributed by atoms with E-state index in [9.17, 15) is 31.2 Å². The maximum Gasteiger partial charge on any atom is 0.417 e. The van der Waals surface area contributed by atoms with Gasteiger partial charge in [-0.1, -0.05) is 25.0 Å². The number of hydrogen-bond donors (Lipinski definition) is 3. The molecule has 7 nitrogen and oxygen atoms in total. The van der Waals surface area contributed by atoms with Crippen LogP contribution in [0, 0.1) is 5.92 Å². The standard InChI is InChI=1S/C22H24F3N3O4S/c23-22(24,25)18-7-3-4-8-19(18)33(31,32)27-14-13-26-20(29)16-9-11-17(12-10-16)28-21(30)15-5-1-2-6-15/h3-4,7-12,15,27H,1-2,5-6,13-14H2,(H,26,29)(H,28,30). The Hall–Kier alpha value is -2.92. The first-order valence-electron chi connectivity index (χ1n) is 10.4. The van der Waals surface area contributed by atoms with E-state index in [1.54, 1.807) is 12.1 Å². The van der Waals surface area contributed by atoms with Gasteiger partial charge in [-0.25, -0.2) is 13.1 Å². The fourth-order valence-electron chi connectivity index (χ4n) is 3.61. The third-order valence-corrected chi connectivity index (χ3v) is 6.84. The zero-order chi connectivity index (χ0) is 24.1. The lowest BCUT2D eigenvalue weighted by Gasteiger charge is -2.14. The molecule has 33 heavy (non-hydrogen) atoms. The minimum Gasteiger partial charge on any atom is -0.351 e. The number of rotatable bonds is 8. The number of amides is 2. The average Bonchev–Trinajstić information content (AvgIpc) is 3.32. The second kappa shape index (κ2) is 10.3. The topological polar surface area (TPSA) is 104 Å². The number of halogens is 3. The van der Waals surface area contributed by atoms with E-state index >= 15 is 0 Å². The Bertz CT molecular complexity index is 1100. The summed E-state index contributed by atoms with van der Waals surface area (Å²) in [5, 5.41) is 5.32. The predicted octanol–water partition coefficient (Wildman–Crippen LogP) is 3.54. The van der Waals surface area contributed by atoms with E-state index in [1.165, 1.54) is 18.2 Å². The monoisotopic (exact) mass is 483 g/mol. The van der Waals surface area contributed by atoms with Gasteiger partial charge < -0.3 is 10.6 Å². The molecule has 1 fully saturated rings. The van der Waals surface area contributed by atoms with Crippen LogP contribution in [0.3, 0.4) is 0 Å². The Morgan fingerprint density at radius 1 is 0.939 bits per heavy atom. The Morgan fingerprint density at radius 2 is 1.58 bits per heavy atom. The molecule has 178 valence electrons. The number of hydrogen-bond acceptors (Lipinski definition) is 4. The molecule has 1 aliphatic rings.